The normalized spacial score (nSPS) is 16.2. The minimum atomic E-state index is -4.49. The van der Waals surface area contributed by atoms with E-state index in [1.165, 1.54) is 5.56 Å². The lowest BCUT2D eigenvalue weighted by Gasteiger charge is -2.41. The van der Waals surface area contributed by atoms with Crippen LogP contribution < -0.4 is 10.4 Å². The van der Waals surface area contributed by atoms with Gasteiger partial charge in [-0.15, -0.1) is 0 Å². The SMILES string of the molecule is C=C(N1CCN(Cc2ccccc2)CC1)N(Cc1ccc(C2=NNN=C(C(F)(F)F)C2)cc1)c1ccccc1. The summed E-state index contributed by atoms with van der Waals surface area (Å²) in [6.07, 6.45) is -4.85. The maximum atomic E-state index is 13.1. The zero-order valence-corrected chi connectivity index (χ0v) is 21.6. The lowest BCUT2D eigenvalue weighted by atomic mass is 10.0. The third-order valence-electron chi connectivity index (χ3n) is 7.03. The van der Waals surface area contributed by atoms with Crippen molar-refractivity contribution in [3.63, 3.8) is 0 Å². The fraction of sp³-hybridized carbons (Fsp3) is 0.267. The Morgan fingerprint density at radius 1 is 0.821 bits per heavy atom. The lowest BCUT2D eigenvalue weighted by molar-refractivity contribution is -0.0604. The fourth-order valence-electron chi connectivity index (χ4n) is 4.81. The number of hydrazone groups is 2. The third-order valence-corrected chi connectivity index (χ3v) is 7.03. The van der Waals surface area contributed by atoms with Gasteiger partial charge in [0, 0.05) is 51.4 Å². The number of nitrogens with one attached hydrogen (secondary N) is 1. The highest BCUT2D eigenvalue weighted by atomic mass is 19.4. The molecule has 0 spiro atoms. The molecule has 2 heterocycles. The number of anilines is 1. The van der Waals surface area contributed by atoms with Gasteiger partial charge in [0.1, 0.15) is 11.5 Å². The molecule has 0 atom stereocenters. The largest absolute Gasteiger partial charge is 0.431 e. The molecule has 2 aliphatic rings. The third kappa shape index (κ3) is 6.67. The lowest BCUT2D eigenvalue weighted by Crippen LogP contribution is -2.48. The van der Waals surface area contributed by atoms with Crippen LogP contribution in [-0.2, 0) is 13.1 Å². The van der Waals surface area contributed by atoms with Crippen LogP contribution in [0.3, 0.4) is 0 Å². The van der Waals surface area contributed by atoms with Crippen molar-refractivity contribution >= 4 is 17.1 Å². The number of piperazine rings is 1. The summed E-state index contributed by atoms with van der Waals surface area (Å²) in [5.41, 5.74) is 5.57. The van der Waals surface area contributed by atoms with Gasteiger partial charge in [-0.05, 0) is 28.8 Å². The summed E-state index contributed by atoms with van der Waals surface area (Å²) >= 11 is 0. The second-order valence-corrected chi connectivity index (χ2v) is 9.68. The zero-order valence-electron chi connectivity index (χ0n) is 21.6. The average molecular weight is 533 g/mol. The first-order valence-electron chi connectivity index (χ1n) is 12.9. The van der Waals surface area contributed by atoms with Gasteiger partial charge in [0.05, 0.1) is 5.71 Å². The monoisotopic (exact) mass is 532 g/mol. The molecule has 2 aliphatic heterocycles. The van der Waals surface area contributed by atoms with Gasteiger partial charge in [0.15, 0.2) is 0 Å². The summed E-state index contributed by atoms with van der Waals surface area (Å²) < 4.78 is 39.3. The van der Waals surface area contributed by atoms with Crippen molar-refractivity contribution in [1.82, 2.24) is 15.3 Å². The van der Waals surface area contributed by atoms with Gasteiger partial charge in [0.2, 0.25) is 0 Å². The van der Waals surface area contributed by atoms with E-state index in [0.29, 0.717) is 17.8 Å². The Morgan fingerprint density at radius 2 is 1.46 bits per heavy atom. The van der Waals surface area contributed by atoms with E-state index in [1.807, 2.05) is 48.5 Å². The van der Waals surface area contributed by atoms with Crippen molar-refractivity contribution in [3.05, 3.63) is 114 Å². The van der Waals surface area contributed by atoms with Crippen LogP contribution in [-0.4, -0.2) is 53.6 Å². The van der Waals surface area contributed by atoms with E-state index < -0.39 is 11.9 Å². The number of para-hydroxylation sites is 1. The first-order chi connectivity index (χ1) is 18.9. The van der Waals surface area contributed by atoms with Gasteiger partial charge in [-0.1, -0.05) is 79.4 Å². The maximum absolute atomic E-state index is 13.1. The molecule has 3 aromatic rings. The number of alkyl halides is 3. The van der Waals surface area contributed by atoms with Crippen LogP contribution in [0.1, 0.15) is 23.1 Å². The maximum Gasteiger partial charge on any atom is 0.431 e. The van der Waals surface area contributed by atoms with Crippen molar-refractivity contribution in [2.75, 3.05) is 31.1 Å². The summed E-state index contributed by atoms with van der Waals surface area (Å²) in [4.78, 5) is 6.97. The first kappa shape index (κ1) is 26.5. The summed E-state index contributed by atoms with van der Waals surface area (Å²) in [5.74, 6) is 0.927. The predicted octanol–water partition coefficient (Wildman–Crippen LogP) is 5.60. The van der Waals surface area contributed by atoms with Gasteiger partial charge < -0.3 is 9.80 Å². The van der Waals surface area contributed by atoms with Crippen LogP contribution >= 0.6 is 0 Å². The number of hydrogen-bond acceptors (Lipinski definition) is 6. The van der Waals surface area contributed by atoms with Gasteiger partial charge >= 0.3 is 6.18 Å². The van der Waals surface area contributed by atoms with Crippen LogP contribution in [0.15, 0.2) is 108 Å². The van der Waals surface area contributed by atoms with E-state index in [9.17, 15) is 13.2 Å². The van der Waals surface area contributed by atoms with Gasteiger partial charge in [-0.25, -0.2) is 0 Å². The van der Waals surface area contributed by atoms with E-state index in [-0.39, 0.29) is 6.42 Å². The van der Waals surface area contributed by atoms with Crippen LogP contribution in [0.2, 0.25) is 0 Å². The summed E-state index contributed by atoms with van der Waals surface area (Å²) in [7, 11) is 0. The second-order valence-electron chi connectivity index (χ2n) is 9.68. The zero-order chi connectivity index (χ0) is 27.2. The Labute approximate surface area is 226 Å². The molecule has 0 bridgehead atoms. The molecule has 202 valence electrons. The molecule has 6 nitrogen and oxygen atoms in total. The molecule has 0 aromatic heterocycles. The summed E-state index contributed by atoms with van der Waals surface area (Å²) in [6, 6.07) is 28.1. The standard InChI is InChI=1S/C30H31F3N6/c1-23(38-18-16-37(17-19-38)21-24-8-4-2-5-9-24)39(27-10-6-3-7-11-27)22-25-12-14-26(15-13-25)28-20-29(30(31,32)33)35-36-34-28/h2-15,36H,1,16-22H2. The number of halogens is 3. The highest BCUT2D eigenvalue weighted by Gasteiger charge is 2.38. The molecule has 1 N–H and O–H groups in total. The second kappa shape index (κ2) is 11.7. The summed E-state index contributed by atoms with van der Waals surface area (Å²) in [5, 5.41) is 7.25. The Kier molecular flexibility index (Phi) is 7.97. The topological polar surface area (TPSA) is 46.5 Å². The molecule has 1 saturated heterocycles. The molecule has 0 unspecified atom stereocenters. The van der Waals surface area contributed by atoms with Crippen molar-refractivity contribution in [2.24, 2.45) is 10.2 Å². The number of benzene rings is 3. The Balaban J connectivity index is 1.25. The molecular formula is C30H31F3N6. The molecule has 1 fully saturated rings. The first-order valence-corrected chi connectivity index (χ1v) is 12.9. The van der Waals surface area contributed by atoms with E-state index in [4.69, 9.17) is 0 Å². The van der Waals surface area contributed by atoms with E-state index in [0.717, 1.165) is 49.8 Å². The van der Waals surface area contributed by atoms with E-state index in [2.05, 4.69) is 73.4 Å². The molecule has 0 amide bonds. The average Bonchev–Trinajstić information content (AvgIpc) is 2.97. The van der Waals surface area contributed by atoms with E-state index in [1.54, 1.807) is 0 Å². The van der Waals surface area contributed by atoms with Crippen LogP contribution in [0.5, 0.6) is 0 Å². The molecule has 0 saturated carbocycles. The molecule has 39 heavy (non-hydrogen) atoms. The van der Waals surface area contributed by atoms with Crippen molar-refractivity contribution in [2.45, 2.75) is 25.7 Å². The quantitative estimate of drug-likeness (QED) is 0.411. The molecule has 9 heteroatoms. The number of hydrogen-bond donors (Lipinski definition) is 1. The van der Waals surface area contributed by atoms with Crippen molar-refractivity contribution in [3.8, 4) is 0 Å². The Hall–Kier alpha value is -4.11. The Bertz CT molecular complexity index is 1310. The smallest absolute Gasteiger partial charge is 0.356 e. The number of nitrogens with zero attached hydrogens (tertiary/aromatic N) is 5. The molecule has 3 aromatic carbocycles. The highest BCUT2D eigenvalue weighted by Crippen LogP contribution is 2.26. The van der Waals surface area contributed by atoms with Crippen LogP contribution in [0.25, 0.3) is 0 Å². The molecule has 0 aliphatic carbocycles. The molecular weight excluding hydrogens is 501 g/mol. The number of rotatable bonds is 8. The minimum absolute atomic E-state index is 0.307. The van der Waals surface area contributed by atoms with Crippen LogP contribution in [0, 0.1) is 0 Å². The van der Waals surface area contributed by atoms with Crippen molar-refractivity contribution in [1.29, 1.82) is 0 Å². The Morgan fingerprint density at radius 3 is 2.10 bits per heavy atom. The van der Waals surface area contributed by atoms with Gasteiger partial charge in [-0.3, -0.25) is 4.90 Å². The summed E-state index contributed by atoms with van der Waals surface area (Å²) in [6.45, 7) is 9.64. The van der Waals surface area contributed by atoms with Crippen LogP contribution in [0.4, 0.5) is 18.9 Å². The minimum Gasteiger partial charge on any atom is -0.356 e. The van der Waals surface area contributed by atoms with Gasteiger partial charge in [-0.2, -0.15) is 28.9 Å². The predicted molar refractivity (Wildman–Crippen MR) is 149 cm³/mol. The van der Waals surface area contributed by atoms with E-state index >= 15 is 0 Å². The fourth-order valence-corrected chi connectivity index (χ4v) is 4.81. The molecule has 5 rings (SSSR count). The van der Waals surface area contributed by atoms with Crippen molar-refractivity contribution < 1.29 is 13.2 Å². The highest BCUT2D eigenvalue weighted by molar-refractivity contribution is 6.14. The molecule has 0 radical (unpaired) electrons. The van der Waals surface area contributed by atoms with Gasteiger partial charge in [0.25, 0.3) is 0 Å².